The average Bonchev–Trinajstić information content (AvgIpc) is 2.94. The second kappa shape index (κ2) is 5.83. The number of Topliss-reactive ketones (excluding diaryl/α,β-unsaturated/α-hetero) is 1. The highest BCUT2D eigenvalue weighted by Crippen LogP contribution is 2.35. The molecule has 1 aromatic heterocycles. The van der Waals surface area contributed by atoms with Crippen LogP contribution in [0, 0.1) is 5.41 Å². The second-order valence-corrected chi connectivity index (χ2v) is 6.56. The van der Waals surface area contributed by atoms with Gasteiger partial charge in [-0.2, -0.15) is 5.10 Å². The lowest BCUT2D eigenvalue weighted by Crippen LogP contribution is -2.26. The molecule has 0 bridgehead atoms. The molecule has 3 rings (SSSR count). The topological polar surface area (TPSA) is 78.3 Å². The first kappa shape index (κ1) is 15.2. The first-order valence-electron chi connectivity index (χ1n) is 7.54. The van der Waals surface area contributed by atoms with E-state index in [1.807, 2.05) is 44.2 Å². The Hall–Kier alpha value is -2.69. The molecular weight excluding hydrogens is 290 g/mol. The van der Waals surface area contributed by atoms with Crippen LogP contribution in [0.5, 0.6) is 0 Å². The number of carbonyl (C=O) groups is 1. The maximum atomic E-state index is 12.2. The van der Waals surface area contributed by atoms with Crippen LogP contribution < -0.4 is 0 Å². The molecule has 0 unspecified atom stereocenters. The van der Waals surface area contributed by atoms with E-state index in [1.165, 1.54) is 6.21 Å². The standard InChI is InChI=1S/C18H19N3O2/c1-18(2)8-15(22)14(16(23)9-18)10-19-17-13(11-20-21-17)12-6-4-3-5-7-12/h3-7,10-11,22H,8-9H2,1-2H3,(H,20,21). The molecule has 1 aromatic carbocycles. The average molecular weight is 309 g/mol. The number of aromatic nitrogens is 2. The Morgan fingerprint density at radius 3 is 2.70 bits per heavy atom. The number of hydrogen-bond acceptors (Lipinski definition) is 4. The van der Waals surface area contributed by atoms with Crippen molar-refractivity contribution in [3.05, 3.63) is 47.9 Å². The summed E-state index contributed by atoms with van der Waals surface area (Å²) in [6.07, 6.45) is 4.02. The van der Waals surface area contributed by atoms with Crippen molar-refractivity contribution in [3.63, 3.8) is 0 Å². The van der Waals surface area contributed by atoms with Crippen LogP contribution in [0.4, 0.5) is 5.82 Å². The molecule has 0 radical (unpaired) electrons. The molecule has 0 fully saturated rings. The van der Waals surface area contributed by atoms with Crippen LogP contribution in [0.15, 0.2) is 52.9 Å². The molecular formula is C18H19N3O2. The fraction of sp³-hybridized carbons (Fsp3) is 0.278. The third kappa shape index (κ3) is 3.23. The Balaban J connectivity index is 1.90. The maximum Gasteiger partial charge on any atom is 0.168 e. The number of aliphatic hydroxyl groups is 1. The number of aromatic amines is 1. The van der Waals surface area contributed by atoms with Gasteiger partial charge in [-0.25, -0.2) is 4.99 Å². The zero-order valence-corrected chi connectivity index (χ0v) is 13.2. The van der Waals surface area contributed by atoms with E-state index in [0.717, 1.165) is 11.1 Å². The SMILES string of the molecule is CC1(C)CC(=O)C(C=Nc2[nH]ncc2-c2ccccc2)=C(O)C1. The Kier molecular flexibility index (Phi) is 3.86. The molecule has 2 N–H and O–H groups in total. The maximum absolute atomic E-state index is 12.2. The van der Waals surface area contributed by atoms with Gasteiger partial charge in [0, 0.05) is 24.6 Å². The Labute approximate surface area is 134 Å². The summed E-state index contributed by atoms with van der Waals surface area (Å²) in [5.41, 5.74) is 1.92. The van der Waals surface area contributed by atoms with E-state index >= 15 is 0 Å². The van der Waals surface area contributed by atoms with Crippen molar-refractivity contribution in [3.8, 4) is 11.1 Å². The van der Waals surface area contributed by atoms with Gasteiger partial charge < -0.3 is 5.11 Å². The van der Waals surface area contributed by atoms with E-state index in [9.17, 15) is 9.90 Å². The van der Waals surface area contributed by atoms with Crippen LogP contribution in [-0.4, -0.2) is 27.3 Å². The monoisotopic (exact) mass is 309 g/mol. The van der Waals surface area contributed by atoms with E-state index in [0.29, 0.717) is 18.7 Å². The van der Waals surface area contributed by atoms with E-state index in [2.05, 4.69) is 15.2 Å². The summed E-state index contributed by atoms with van der Waals surface area (Å²) < 4.78 is 0. The minimum Gasteiger partial charge on any atom is -0.511 e. The van der Waals surface area contributed by atoms with Crippen LogP contribution >= 0.6 is 0 Å². The number of aliphatic imine (C=N–C) groups is 1. The van der Waals surface area contributed by atoms with Gasteiger partial charge in [-0.05, 0) is 11.0 Å². The lowest BCUT2D eigenvalue weighted by molar-refractivity contribution is -0.117. The lowest BCUT2D eigenvalue weighted by atomic mass is 9.77. The molecule has 5 heteroatoms. The number of rotatable bonds is 3. The van der Waals surface area contributed by atoms with Crippen molar-refractivity contribution in [1.82, 2.24) is 10.2 Å². The van der Waals surface area contributed by atoms with Gasteiger partial charge in [-0.15, -0.1) is 0 Å². The van der Waals surface area contributed by atoms with E-state index in [4.69, 9.17) is 0 Å². The smallest absolute Gasteiger partial charge is 0.168 e. The van der Waals surface area contributed by atoms with Gasteiger partial charge in [0.15, 0.2) is 11.6 Å². The van der Waals surface area contributed by atoms with Gasteiger partial charge >= 0.3 is 0 Å². The molecule has 5 nitrogen and oxygen atoms in total. The number of H-pyrrole nitrogens is 1. The summed E-state index contributed by atoms with van der Waals surface area (Å²) in [5, 5.41) is 17.0. The van der Waals surface area contributed by atoms with Crippen molar-refractivity contribution in [1.29, 1.82) is 0 Å². The molecule has 0 saturated heterocycles. The number of nitrogens with one attached hydrogen (secondary N) is 1. The summed E-state index contributed by atoms with van der Waals surface area (Å²) in [5.74, 6) is 0.591. The summed E-state index contributed by atoms with van der Waals surface area (Å²) >= 11 is 0. The molecule has 23 heavy (non-hydrogen) atoms. The normalized spacial score (nSPS) is 17.9. The molecule has 1 aliphatic carbocycles. The van der Waals surface area contributed by atoms with Gasteiger partial charge in [0.25, 0.3) is 0 Å². The van der Waals surface area contributed by atoms with Gasteiger partial charge in [0.05, 0.1) is 11.8 Å². The number of benzene rings is 1. The zero-order valence-electron chi connectivity index (χ0n) is 13.2. The highest BCUT2D eigenvalue weighted by molar-refractivity contribution is 6.15. The van der Waals surface area contributed by atoms with Crippen molar-refractivity contribution < 1.29 is 9.90 Å². The molecule has 1 heterocycles. The number of hydrogen-bond donors (Lipinski definition) is 2. The van der Waals surface area contributed by atoms with Crippen molar-refractivity contribution >= 4 is 17.8 Å². The predicted octanol–water partition coefficient (Wildman–Crippen LogP) is 3.98. The molecule has 0 saturated carbocycles. The minimum absolute atomic E-state index is 0.0803. The molecule has 0 amide bonds. The van der Waals surface area contributed by atoms with Crippen LogP contribution in [0.3, 0.4) is 0 Å². The lowest BCUT2D eigenvalue weighted by Gasteiger charge is -2.28. The largest absolute Gasteiger partial charge is 0.511 e. The third-order valence-electron chi connectivity index (χ3n) is 3.92. The van der Waals surface area contributed by atoms with Crippen LogP contribution in [0.2, 0.25) is 0 Å². The van der Waals surface area contributed by atoms with Crippen molar-refractivity contribution in [2.75, 3.05) is 0 Å². The Morgan fingerprint density at radius 2 is 2.00 bits per heavy atom. The highest BCUT2D eigenvalue weighted by Gasteiger charge is 2.32. The fourth-order valence-electron chi connectivity index (χ4n) is 2.78. The van der Waals surface area contributed by atoms with Crippen LogP contribution in [0.25, 0.3) is 11.1 Å². The Bertz CT molecular complexity index is 786. The van der Waals surface area contributed by atoms with Crippen LogP contribution in [-0.2, 0) is 4.79 Å². The number of ketones is 1. The summed E-state index contributed by atoms with van der Waals surface area (Å²) in [4.78, 5) is 16.5. The van der Waals surface area contributed by atoms with Gasteiger partial charge in [0.1, 0.15) is 5.76 Å². The van der Waals surface area contributed by atoms with Gasteiger partial charge in [-0.3, -0.25) is 9.89 Å². The van der Waals surface area contributed by atoms with Crippen LogP contribution in [0.1, 0.15) is 26.7 Å². The molecule has 0 atom stereocenters. The predicted molar refractivity (Wildman–Crippen MR) is 89.9 cm³/mol. The minimum atomic E-state index is -0.207. The quantitative estimate of drug-likeness (QED) is 0.842. The summed E-state index contributed by atoms with van der Waals surface area (Å²) in [6.45, 7) is 3.94. The summed E-state index contributed by atoms with van der Waals surface area (Å²) in [6, 6.07) is 9.76. The number of carbonyl (C=O) groups excluding carboxylic acids is 1. The van der Waals surface area contributed by atoms with Crippen molar-refractivity contribution in [2.45, 2.75) is 26.7 Å². The molecule has 0 aliphatic heterocycles. The third-order valence-corrected chi connectivity index (χ3v) is 3.92. The van der Waals surface area contributed by atoms with E-state index in [-0.39, 0.29) is 22.5 Å². The Morgan fingerprint density at radius 1 is 1.26 bits per heavy atom. The summed E-state index contributed by atoms with van der Waals surface area (Å²) in [7, 11) is 0. The zero-order chi connectivity index (χ0) is 16.4. The number of allylic oxidation sites excluding steroid dienone is 2. The number of nitrogens with zero attached hydrogens (tertiary/aromatic N) is 2. The first-order valence-corrected chi connectivity index (χ1v) is 7.54. The molecule has 118 valence electrons. The van der Waals surface area contributed by atoms with E-state index < -0.39 is 0 Å². The fourth-order valence-corrected chi connectivity index (χ4v) is 2.78. The molecule has 2 aromatic rings. The molecule has 1 aliphatic rings. The first-order chi connectivity index (χ1) is 11.0. The van der Waals surface area contributed by atoms with E-state index in [1.54, 1.807) is 6.20 Å². The van der Waals surface area contributed by atoms with Gasteiger partial charge in [-0.1, -0.05) is 44.2 Å². The van der Waals surface area contributed by atoms with Gasteiger partial charge in [0.2, 0.25) is 0 Å². The number of aliphatic hydroxyl groups excluding tert-OH is 1. The molecule has 0 spiro atoms. The highest BCUT2D eigenvalue weighted by atomic mass is 16.3. The second-order valence-electron chi connectivity index (χ2n) is 6.56. The van der Waals surface area contributed by atoms with Crippen molar-refractivity contribution in [2.24, 2.45) is 10.4 Å².